The smallest absolute Gasteiger partial charge is 0.150 e. The van der Waals surface area contributed by atoms with Gasteiger partial charge in [0.1, 0.15) is 12.2 Å². The molecule has 0 spiro atoms. The summed E-state index contributed by atoms with van der Waals surface area (Å²) in [5, 5.41) is 11.8. The summed E-state index contributed by atoms with van der Waals surface area (Å²) in [5.41, 5.74) is 0. The van der Waals surface area contributed by atoms with Crippen molar-refractivity contribution in [3.8, 4) is 0 Å². The molecular formula is C11H20N4. The van der Waals surface area contributed by atoms with Gasteiger partial charge in [-0.1, -0.05) is 13.3 Å². The zero-order chi connectivity index (χ0) is 10.7. The summed E-state index contributed by atoms with van der Waals surface area (Å²) in [4.78, 5) is 0. The Kier molecular flexibility index (Phi) is 3.36. The molecule has 2 heterocycles. The summed E-state index contributed by atoms with van der Waals surface area (Å²) >= 11 is 0. The van der Waals surface area contributed by atoms with Gasteiger partial charge >= 0.3 is 0 Å². The first-order chi connectivity index (χ1) is 7.33. The molecule has 1 saturated heterocycles. The largest absolute Gasteiger partial charge is 0.313 e. The highest BCUT2D eigenvalue weighted by Gasteiger charge is 2.21. The molecule has 1 aromatic rings. The maximum absolute atomic E-state index is 4.26. The number of nitrogens with one attached hydrogen (secondary N) is 1. The molecule has 1 fully saturated rings. The Hall–Kier alpha value is -0.900. The fourth-order valence-corrected chi connectivity index (χ4v) is 2.11. The van der Waals surface area contributed by atoms with E-state index < -0.39 is 0 Å². The average molecular weight is 208 g/mol. The summed E-state index contributed by atoms with van der Waals surface area (Å²) in [6.07, 6.45) is 6.76. The molecule has 2 rings (SSSR count). The van der Waals surface area contributed by atoms with E-state index in [0.717, 1.165) is 18.8 Å². The Morgan fingerprint density at radius 3 is 3.13 bits per heavy atom. The highest BCUT2D eigenvalue weighted by atomic mass is 15.3. The van der Waals surface area contributed by atoms with E-state index in [4.69, 9.17) is 0 Å². The molecule has 1 aliphatic rings. The molecule has 2 atom stereocenters. The van der Waals surface area contributed by atoms with E-state index in [1.54, 1.807) is 0 Å². The number of hydrogen-bond acceptors (Lipinski definition) is 3. The first-order valence-electron chi connectivity index (χ1n) is 5.95. The normalized spacial score (nSPS) is 24.0. The molecule has 1 aliphatic heterocycles. The Morgan fingerprint density at radius 1 is 1.60 bits per heavy atom. The van der Waals surface area contributed by atoms with Gasteiger partial charge in [0.25, 0.3) is 0 Å². The topological polar surface area (TPSA) is 42.7 Å². The molecular weight excluding hydrogens is 188 g/mol. The zero-order valence-corrected chi connectivity index (χ0v) is 9.61. The van der Waals surface area contributed by atoms with Gasteiger partial charge in [-0.05, 0) is 32.7 Å². The Bertz CT molecular complexity index is 301. The van der Waals surface area contributed by atoms with E-state index in [1.807, 2.05) is 6.33 Å². The SMILES string of the molecule is CCC(C)n1cnnc1C1CCCCN1. The molecule has 4 heteroatoms. The predicted molar refractivity (Wildman–Crippen MR) is 59.6 cm³/mol. The molecule has 1 aromatic heterocycles. The molecule has 0 saturated carbocycles. The van der Waals surface area contributed by atoms with Crippen molar-refractivity contribution in [1.29, 1.82) is 0 Å². The van der Waals surface area contributed by atoms with Crippen LogP contribution in [0.1, 0.15) is 57.4 Å². The van der Waals surface area contributed by atoms with Gasteiger partial charge in [0, 0.05) is 6.04 Å². The van der Waals surface area contributed by atoms with Crippen molar-refractivity contribution >= 4 is 0 Å². The Morgan fingerprint density at radius 2 is 2.47 bits per heavy atom. The van der Waals surface area contributed by atoms with Crippen LogP contribution in [-0.2, 0) is 0 Å². The first kappa shape index (κ1) is 10.6. The van der Waals surface area contributed by atoms with Gasteiger partial charge in [-0.15, -0.1) is 10.2 Å². The second kappa shape index (κ2) is 4.75. The van der Waals surface area contributed by atoms with Crippen LogP contribution in [0.2, 0.25) is 0 Å². The summed E-state index contributed by atoms with van der Waals surface area (Å²) < 4.78 is 2.21. The van der Waals surface area contributed by atoms with Crippen molar-refractivity contribution in [3.63, 3.8) is 0 Å². The second-order valence-electron chi connectivity index (χ2n) is 4.36. The summed E-state index contributed by atoms with van der Waals surface area (Å²) in [6, 6.07) is 0.911. The molecule has 0 amide bonds. The van der Waals surface area contributed by atoms with E-state index in [2.05, 4.69) is 33.9 Å². The fraction of sp³-hybridized carbons (Fsp3) is 0.818. The van der Waals surface area contributed by atoms with Crippen LogP contribution in [0.5, 0.6) is 0 Å². The van der Waals surface area contributed by atoms with E-state index in [1.165, 1.54) is 19.3 Å². The van der Waals surface area contributed by atoms with E-state index in [0.29, 0.717) is 12.1 Å². The minimum atomic E-state index is 0.412. The quantitative estimate of drug-likeness (QED) is 0.826. The second-order valence-corrected chi connectivity index (χ2v) is 4.36. The van der Waals surface area contributed by atoms with Crippen LogP contribution in [0.3, 0.4) is 0 Å². The minimum Gasteiger partial charge on any atom is -0.313 e. The maximum Gasteiger partial charge on any atom is 0.150 e. The Balaban J connectivity index is 2.15. The monoisotopic (exact) mass is 208 g/mol. The van der Waals surface area contributed by atoms with Gasteiger partial charge in [0.05, 0.1) is 6.04 Å². The predicted octanol–water partition coefficient (Wildman–Crippen LogP) is 2.06. The molecule has 4 nitrogen and oxygen atoms in total. The number of nitrogens with zero attached hydrogens (tertiary/aromatic N) is 3. The lowest BCUT2D eigenvalue weighted by molar-refractivity contribution is 0.372. The van der Waals surface area contributed by atoms with Crippen molar-refractivity contribution in [2.45, 2.75) is 51.6 Å². The molecule has 0 bridgehead atoms. The third-order valence-electron chi connectivity index (χ3n) is 3.29. The molecule has 0 aliphatic carbocycles. The summed E-state index contributed by atoms with van der Waals surface area (Å²) in [6.45, 7) is 5.52. The number of hydrogen-bond donors (Lipinski definition) is 1. The van der Waals surface area contributed by atoms with Gasteiger partial charge in [-0.3, -0.25) is 0 Å². The lowest BCUT2D eigenvalue weighted by Crippen LogP contribution is -2.29. The zero-order valence-electron chi connectivity index (χ0n) is 9.61. The minimum absolute atomic E-state index is 0.412. The summed E-state index contributed by atoms with van der Waals surface area (Å²) in [5.74, 6) is 1.11. The van der Waals surface area contributed by atoms with Gasteiger partial charge in [-0.25, -0.2) is 0 Å². The van der Waals surface area contributed by atoms with E-state index in [9.17, 15) is 0 Å². The van der Waals surface area contributed by atoms with E-state index >= 15 is 0 Å². The van der Waals surface area contributed by atoms with Crippen molar-refractivity contribution in [2.75, 3.05) is 6.54 Å². The van der Waals surface area contributed by atoms with Crippen molar-refractivity contribution in [3.05, 3.63) is 12.2 Å². The molecule has 1 N–H and O–H groups in total. The standard InChI is InChI=1S/C11H20N4/c1-3-9(2)15-8-13-14-11(15)10-6-4-5-7-12-10/h8-10,12H,3-7H2,1-2H3. The number of aromatic nitrogens is 3. The van der Waals surface area contributed by atoms with E-state index in [-0.39, 0.29) is 0 Å². The van der Waals surface area contributed by atoms with Crippen molar-refractivity contribution in [1.82, 2.24) is 20.1 Å². The van der Waals surface area contributed by atoms with Gasteiger partial charge < -0.3 is 9.88 Å². The van der Waals surface area contributed by atoms with Crippen LogP contribution < -0.4 is 5.32 Å². The van der Waals surface area contributed by atoms with Gasteiger partial charge in [0.15, 0.2) is 0 Å². The molecule has 0 aromatic carbocycles. The number of rotatable bonds is 3. The molecule has 2 unspecified atom stereocenters. The average Bonchev–Trinajstić information content (AvgIpc) is 2.78. The van der Waals surface area contributed by atoms with Crippen LogP contribution in [0.15, 0.2) is 6.33 Å². The van der Waals surface area contributed by atoms with Gasteiger partial charge in [-0.2, -0.15) is 0 Å². The molecule has 0 radical (unpaired) electrons. The molecule has 15 heavy (non-hydrogen) atoms. The lowest BCUT2D eigenvalue weighted by Gasteiger charge is -2.24. The van der Waals surface area contributed by atoms with Crippen molar-refractivity contribution in [2.24, 2.45) is 0 Å². The molecule has 84 valence electrons. The van der Waals surface area contributed by atoms with Crippen LogP contribution in [0.25, 0.3) is 0 Å². The lowest BCUT2D eigenvalue weighted by atomic mass is 10.0. The summed E-state index contributed by atoms with van der Waals surface area (Å²) in [7, 11) is 0. The van der Waals surface area contributed by atoms with Crippen LogP contribution >= 0.6 is 0 Å². The van der Waals surface area contributed by atoms with Gasteiger partial charge in [0.2, 0.25) is 0 Å². The van der Waals surface area contributed by atoms with Crippen LogP contribution in [-0.4, -0.2) is 21.3 Å². The first-order valence-corrected chi connectivity index (χ1v) is 5.95. The third-order valence-corrected chi connectivity index (χ3v) is 3.29. The highest BCUT2D eigenvalue weighted by molar-refractivity contribution is 4.98. The highest BCUT2D eigenvalue weighted by Crippen LogP contribution is 2.23. The van der Waals surface area contributed by atoms with Crippen LogP contribution in [0, 0.1) is 0 Å². The number of piperidine rings is 1. The fourth-order valence-electron chi connectivity index (χ4n) is 2.11. The Labute approximate surface area is 91.1 Å². The maximum atomic E-state index is 4.26. The van der Waals surface area contributed by atoms with Crippen LogP contribution in [0.4, 0.5) is 0 Å². The van der Waals surface area contributed by atoms with Crippen molar-refractivity contribution < 1.29 is 0 Å². The third kappa shape index (κ3) is 2.20.